The maximum atomic E-state index is 13.7. The van der Waals surface area contributed by atoms with E-state index < -0.39 is 11.7 Å². The van der Waals surface area contributed by atoms with Gasteiger partial charge < -0.3 is 29.6 Å². The number of amides is 1. The summed E-state index contributed by atoms with van der Waals surface area (Å²) in [4.78, 5) is 29.1. The Kier molecular flexibility index (Phi) is 8.44. The van der Waals surface area contributed by atoms with E-state index in [-0.39, 0.29) is 30.9 Å². The fourth-order valence-corrected chi connectivity index (χ4v) is 4.17. The highest BCUT2D eigenvalue weighted by Gasteiger charge is 2.35. The summed E-state index contributed by atoms with van der Waals surface area (Å²) >= 11 is 0. The van der Waals surface area contributed by atoms with Crippen LogP contribution in [-0.2, 0) is 9.47 Å². The van der Waals surface area contributed by atoms with Gasteiger partial charge in [-0.1, -0.05) is 25.1 Å². The Hall–Kier alpha value is -4.19. The Morgan fingerprint density at radius 3 is 2.60 bits per heavy atom. The molecule has 0 radical (unpaired) electrons. The molecule has 1 saturated heterocycles. The summed E-state index contributed by atoms with van der Waals surface area (Å²) in [5.41, 5.74) is 2.42. The molecule has 208 valence electrons. The van der Waals surface area contributed by atoms with Crippen molar-refractivity contribution in [2.24, 2.45) is 5.41 Å². The molecule has 0 spiro atoms. The van der Waals surface area contributed by atoms with Crippen molar-refractivity contribution in [2.45, 2.75) is 19.6 Å². The Bertz CT molecular complexity index is 1420. The summed E-state index contributed by atoms with van der Waals surface area (Å²) in [5, 5.41) is 12.0. The highest BCUT2D eigenvalue weighted by Crippen LogP contribution is 2.35. The monoisotopic (exact) mass is 547 g/mol. The number of rotatable bonds is 10. The number of aromatic nitrogens is 4. The molecular weight excluding hydrogens is 517 g/mol. The molecule has 0 unspecified atom stereocenters. The van der Waals surface area contributed by atoms with Crippen LogP contribution >= 0.6 is 0 Å². The zero-order valence-corrected chi connectivity index (χ0v) is 22.0. The predicted molar refractivity (Wildman–Crippen MR) is 144 cm³/mol. The van der Waals surface area contributed by atoms with Gasteiger partial charge in [-0.25, -0.2) is 14.4 Å². The lowest BCUT2D eigenvalue weighted by Gasteiger charge is -2.36. The van der Waals surface area contributed by atoms with E-state index in [4.69, 9.17) is 24.3 Å². The van der Waals surface area contributed by atoms with Crippen molar-refractivity contribution in [3.05, 3.63) is 84.1 Å². The number of hydrogen-bond donors (Lipinski definition) is 3. The Morgan fingerprint density at radius 2 is 1.88 bits per heavy atom. The van der Waals surface area contributed by atoms with Crippen molar-refractivity contribution in [3.8, 4) is 28.7 Å². The molecule has 2 aromatic carbocycles. The second-order valence-electron chi connectivity index (χ2n) is 9.82. The van der Waals surface area contributed by atoms with Crippen LogP contribution in [0.1, 0.15) is 35.8 Å². The number of aliphatic hydroxyl groups excluding tert-OH is 1. The fraction of sp³-hybridized carbons (Fsp3) is 0.310. The molecule has 3 N–H and O–H groups in total. The van der Waals surface area contributed by atoms with Gasteiger partial charge >= 0.3 is 6.01 Å². The van der Waals surface area contributed by atoms with Crippen LogP contribution in [-0.4, -0.2) is 63.9 Å². The Morgan fingerprint density at radius 1 is 1.12 bits per heavy atom. The number of nitrogens with one attached hydrogen (secondary N) is 2. The van der Waals surface area contributed by atoms with Gasteiger partial charge in [-0.2, -0.15) is 4.98 Å². The number of hydrogen-bond acceptors (Lipinski definition) is 8. The van der Waals surface area contributed by atoms with Crippen molar-refractivity contribution in [2.75, 3.05) is 33.0 Å². The average molecular weight is 548 g/mol. The number of aromatic amines is 1. The molecule has 2 aromatic heterocycles. The molecule has 5 rings (SSSR count). The van der Waals surface area contributed by atoms with Gasteiger partial charge in [-0.3, -0.25) is 4.79 Å². The fourth-order valence-electron chi connectivity index (χ4n) is 4.17. The third-order valence-corrected chi connectivity index (χ3v) is 6.36. The van der Waals surface area contributed by atoms with Crippen LogP contribution < -0.4 is 10.1 Å². The average Bonchev–Trinajstić information content (AvgIpc) is 3.43. The van der Waals surface area contributed by atoms with Crippen molar-refractivity contribution in [1.29, 1.82) is 0 Å². The van der Waals surface area contributed by atoms with Gasteiger partial charge in [-0.05, 0) is 42.5 Å². The molecule has 1 amide bonds. The van der Waals surface area contributed by atoms with Crippen molar-refractivity contribution in [1.82, 2.24) is 25.3 Å². The van der Waals surface area contributed by atoms with Gasteiger partial charge in [0.1, 0.15) is 5.82 Å². The molecule has 0 bridgehead atoms. The second kappa shape index (κ2) is 12.3. The minimum absolute atomic E-state index is 0.00184. The minimum atomic E-state index is -0.784. The molecule has 0 atom stereocenters. The summed E-state index contributed by atoms with van der Waals surface area (Å²) in [5.74, 6) is -0.0977. The third-order valence-electron chi connectivity index (χ3n) is 6.36. The van der Waals surface area contributed by atoms with E-state index in [1.54, 1.807) is 36.5 Å². The summed E-state index contributed by atoms with van der Waals surface area (Å²) in [6.45, 7) is 3.27. The van der Waals surface area contributed by atoms with Gasteiger partial charge in [0.15, 0.2) is 5.82 Å². The molecular formula is C29H30FN5O5. The largest absolute Gasteiger partial charge is 0.463 e. The molecule has 10 nitrogen and oxygen atoms in total. The van der Waals surface area contributed by atoms with Gasteiger partial charge in [0.25, 0.3) is 5.91 Å². The lowest BCUT2D eigenvalue weighted by Crippen LogP contribution is -2.45. The van der Waals surface area contributed by atoms with Crippen LogP contribution in [0.2, 0.25) is 0 Å². The number of carbonyl (C=O) groups excluding carboxylic acids is 1. The molecule has 1 fully saturated rings. The first kappa shape index (κ1) is 27.4. The number of H-pyrrole nitrogens is 1. The van der Waals surface area contributed by atoms with Crippen LogP contribution in [0.4, 0.5) is 4.39 Å². The maximum Gasteiger partial charge on any atom is 0.316 e. The van der Waals surface area contributed by atoms with Crippen LogP contribution in [0.15, 0.2) is 66.9 Å². The Labute approximate surface area is 230 Å². The van der Waals surface area contributed by atoms with Crippen LogP contribution in [0, 0.1) is 11.2 Å². The molecule has 11 heteroatoms. The van der Waals surface area contributed by atoms with E-state index in [1.807, 2.05) is 25.1 Å². The van der Waals surface area contributed by atoms with Crippen LogP contribution in [0.5, 0.6) is 6.01 Å². The number of aliphatic hydroxyl groups is 1. The predicted octanol–water partition coefficient (Wildman–Crippen LogP) is 3.92. The molecule has 1 aliphatic rings. The highest BCUT2D eigenvalue weighted by molar-refractivity contribution is 5.94. The smallest absolute Gasteiger partial charge is 0.316 e. The molecule has 4 aromatic rings. The molecule has 40 heavy (non-hydrogen) atoms. The van der Waals surface area contributed by atoms with Crippen molar-refractivity contribution < 1.29 is 28.5 Å². The first-order chi connectivity index (χ1) is 19.4. The Balaban J connectivity index is 1.33. The van der Waals surface area contributed by atoms with E-state index in [0.717, 1.165) is 0 Å². The zero-order valence-electron chi connectivity index (χ0n) is 22.0. The molecule has 3 heterocycles. The highest BCUT2D eigenvalue weighted by atomic mass is 19.1. The van der Waals surface area contributed by atoms with E-state index in [2.05, 4.69) is 20.3 Å². The van der Waals surface area contributed by atoms with Crippen LogP contribution in [0.3, 0.4) is 0 Å². The third kappa shape index (κ3) is 6.50. The topological polar surface area (TPSA) is 131 Å². The number of ether oxygens (including phenoxy) is 3. The summed E-state index contributed by atoms with van der Waals surface area (Å²) in [6, 6.07) is 16.9. The van der Waals surface area contributed by atoms with Gasteiger partial charge in [0.2, 0.25) is 6.29 Å². The number of carbonyl (C=O) groups is 1. The maximum absolute atomic E-state index is 13.7. The first-order valence-electron chi connectivity index (χ1n) is 12.9. The lowest BCUT2D eigenvalue weighted by molar-refractivity contribution is -0.231. The van der Waals surface area contributed by atoms with Crippen molar-refractivity contribution in [3.63, 3.8) is 0 Å². The van der Waals surface area contributed by atoms with Gasteiger partial charge in [-0.15, -0.1) is 0 Å². The van der Waals surface area contributed by atoms with E-state index in [1.165, 1.54) is 12.1 Å². The molecule has 0 saturated carbocycles. The van der Waals surface area contributed by atoms with E-state index in [0.29, 0.717) is 60.2 Å². The number of halogens is 1. The summed E-state index contributed by atoms with van der Waals surface area (Å²) in [7, 11) is 0. The second-order valence-corrected chi connectivity index (χ2v) is 9.82. The quantitative estimate of drug-likeness (QED) is 0.255. The minimum Gasteiger partial charge on any atom is -0.463 e. The number of nitrogens with zero attached hydrogens (tertiary/aromatic N) is 3. The zero-order chi connectivity index (χ0) is 28.0. The SMILES string of the molecule is CC1(CNC(=O)c2ccccc2)COC(c2nc(-c3ccc(F)cc3)c(-c3ccnc(OCCCO)n3)[nH]2)OC1. The molecule has 1 aliphatic heterocycles. The number of benzene rings is 2. The van der Waals surface area contributed by atoms with Crippen molar-refractivity contribution >= 4 is 5.91 Å². The first-order valence-corrected chi connectivity index (χ1v) is 12.9. The standard InChI is InChI=1S/C29H30FN5O5/c1-29(16-32-26(37)20-6-3-2-4-7-20)17-39-27(40-18-29)25-34-23(19-8-10-21(30)11-9-19)24(35-25)22-12-13-31-28(33-22)38-15-5-14-36/h2-4,6-13,27,36H,5,14-18H2,1H3,(H,32,37)(H,34,35). The lowest BCUT2D eigenvalue weighted by atomic mass is 9.92. The van der Waals surface area contributed by atoms with Gasteiger partial charge in [0.05, 0.1) is 36.9 Å². The number of imidazole rings is 1. The van der Waals surface area contributed by atoms with Gasteiger partial charge in [0, 0.05) is 42.3 Å². The molecule has 0 aliphatic carbocycles. The normalized spacial score (nSPS) is 18.8. The summed E-state index contributed by atoms with van der Waals surface area (Å²) < 4.78 is 31.3. The van der Waals surface area contributed by atoms with E-state index >= 15 is 0 Å². The van der Waals surface area contributed by atoms with E-state index in [9.17, 15) is 9.18 Å². The summed E-state index contributed by atoms with van der Waals surface area (Å²) in [6.07, 6.45) is 1.23. The van der Waals surface area contributed by atoms with Crippen LogP contribution in [0.25, 0.3) is 22.6 Å².